The van der Waals surface area contributed by atoms with Crippen LogP contribution < -0.4 is 0 Å². The molecule has 0 aliphatic rings. The summed E-state index contributed by atoms with van der Waals surface area (Å²) in [5, 5.41) is 22.0. The molecule has 2 heterocycles. The van der Waals surface area contributed by atoms with Crippen molar-refractivity contribution < 1.29 is 4.79 Å². The van der Waals surface area contributed by atoms with E-state index in [0.29, 0.717) is 32.7 Å². The van der Waals surface area contributed by atoms with E-state index in [1.807, 2.05) is 0 Å². The van der Waals surface area contributed by atoms with Crippen LogP contribution in [0.4, 0.5) is 0 Å². The summed E-state index contributed by atoms with van der Waals surface area (Å²) >= 11 is 6.02. The van der Waals surface area contributed by atoms with Gasteiger partial charge in [0, 0.05) is 16.8 Å². The van der Waals surface area contributed by atoms with Crippen LogP contribution in [-0.4, -0.2) is 25.8 Å². The summed E-state index contributed by atoms with van der Waals surface area (Å²) < 4.78 is 1.48. The number of ketones is 1. The number of pyridine rings is 1. The van der Waals surface area contributed by atoms with E-state index in [0.717, 1.165) is 0 Å². The lowest BCUT2D eigenvalue weighted by molar-refractivity contribution is -0.116. The number of carbonyl (C=O) groups is 1. The van der Waals surface area contributed by atoms with Crippen molar-refractivity contribution in [3.05, 3.63) is 34.3 Å². The van der Waals surface area contributed by atoms with E-state index in [-0.39, 0.29) is 12.2 Å². The molecule has 7 heteroatoms. The van der Waals surface area contributed by atoms with Crippen molar-refractivity contribution in [2.75, 3.05) is 0 Å². The second-order valence-corrected chi connectivity index (χ2v) is 4.86. The molecule has 0 N–H and O–H groups in total. The Balaban J connectivity index is 2.55. The molecule has 0 atom stereocenters. The zero-order valence-corrected chi connectivity index (χ0v) is 11.2. The van der Waals surface area contributed by atoms with E-state index in [1.165, 1.54) is 11.4 Å². The summed E-state index contributed by atoms with van der Waals surface area (Å²) in [5.74, 6) is -0.0420. The fraction of sp³-hybridized carbons (Fsp3) is 0.154. The van der Waals surface area contributed by atoms with Crippen LogP contribution in [0, 0.1) is 11.3 Å². The van der Waals surface area contributed by atoms with Gasteiger partial charge >= 0.3 is 0 Å². The van der Waals surface area contributed by atoms with Crippen LogP contribution in [0.1, 0.15) is 18.1 Å². The van der Waals surface area contributed by atoms with Gasteiger partial charge < -0.3 is 0 Å². The maximum Gasteiger partial charge on any atom is 0.197 e. The van der Waals surface area contributed by atoms with Gasteiger partial charge in [-0.25, -0.2) is 0 Å². The van der Waals surface area contributed by atoms with Crippen LogP contribution in [0.15, 0.2) is 18.2 Å². The highest BCUT2D eigenvalue weighted by Gasteiger charge is 2.18. The van der Waals surface area contributed by atoms with E-state index < -0.39 is 0 Å². The normalized spacial score (nSPS) is 10.8. The van der Waals surface area contributed by atoms with Gasteiger partial charge in [0.15, 0.2) is 5.65 Å². The molecular weight excluding hydrogens is 278 g/mol. The highest BCUT2D eigenvalue weighted by atomic mass is 35.5. The van der Waals surface area contributed by atoms with Crippen molar-refractivity contribution in [1.82, 2.24) is 20.0 Å². The lowest BCUT2D eigenvalue weighted by Crippen LogP contribution is -2.05. The van der Waals surface area contributed by atoms with E-state index in [1.54, 1.807) is 18.2 Å². The molecule has 6 nitrogen and oxygen atoms in total. The van der Waals surface area contributed by atoms with Crippen molar-refractivity contribution in [2.24, 2.45) is 0 Å². The number of hydrogen-bond acceptors (Lipinski definition) is 5. The first kappa shape index (κ1) is 12.5. The third kappa shape index (κ3) is 1.80. The molecule has 0 unspecified atom stereocenters. The Kier molecular flexibility index (Phi) is 2.84. The average Bonchev–Trinajstić information content (AvgIpc) is 2.87. The predicted molar refractivity (Wildman–Crippen MR) is 72.4 cm³/mol. The van der Waals surface area contributed by atoms with E-state index in [2.05, 4.69) is 21.6 Å². The molecule has 0 fully saturated rings. The van der Waals surface area contributed by atoms with Crippen molar-refractivity contribution in [1.29, 1.82) is 5.26 Å². The largest absolute Gasteiger partial charge is 0.300 e. The summed E-state index contributed by atoms with van der Waals surface area (Å²) in [7, 11) is 0. The lowest BCUT2D eigenvalue weighted by Gasteiger charge is -2.09. The van der Waals surface area contributed by atoms with E-state index in [9.17, 15) is 10.1 Å². The zero-order valence-electron chi connectivity index (χ0n) is 10.5. The molecule has 2 aromatic heterocycles. The number of nitrogens with zero attached hydrogens (tertiary/aromatic N) is 5. The van der Waals surface area contributed by atoms with Crippen molar-refractivity contribution in [2.45, 2.75) is 13.3 Å². The standard InChI is InChI=1S/C13H8ClN5O/c1-7(20)4-9-10-5-8(14)2-3-12(10)19-13(11(9)6-15)16-17-18-19/h2-3,5H,4H2,1H3. The Morgan fingerprint density at radius 1 is 1.50 bits per heavy atom. The first-order valence-electron chi connectivity index (χ1n) is 5.83. The Morgan fingerprint density at radius 3 is 3.00 bits per heavy atom. The Hall–Kier alpha value is -2.52. The minimum Gasteiger partial charge on any atom is -0.300 e. The zero-order chi connectivity index (χ0) is 14.3. The van der Waals surface area contributed by atoms with Crippen molar-refractivity contribution in [3.8, 4) is 6.07 Å². The van der Waals surface area contributed by atoms with Crippen LogP contribution in [-0.2, 0) is 11.2 Å². The third-order valence-corrected chi connectivity index (χ3v) is 3.28. The van der Waals surface area contributed by atoms with Crippen LogP contribution >= 0.6 is 11.6 Å². The molecule has 98 valence electrons. The number of tetrazole rings is 1. The van der Waals surface area contributed by atoms with E-state index in [4.69, 9.17) is 11.6 Å². The van der Waals surface area contributed by atoms with Gasteiger partial charge in [-0.1, -0.05) is 11.6 Å². The Labute approximate surface area is 118 Å². The van der Waals surface area contributed by atoms with E-state index >= 15 is 0 Å². The number of rotatable bonds is 2. The number of aromatic nitrogens is 4. The Bertz CT molecular complexity index is 893. The summed E-state index contributed by atoms with van der Waals surface area (Å²) in [4.78, 5) is 11.5. The molecule has 0 aliphatic heterocycles. The number of carbonyl (C=O) groups excluding carboxylic acids is 1. The minimum absolute atomic E-state index is 0.0420. The highest BCUT2D eigenvalue weighted by molar-refractivity contribution is 6.31. The molecule has 1 aromatic carbocycles. The maximum atomic E-state index is 11.5. The Morgan fingerprint density at radius 2 is 2.30 bits per heavy atom. The highest BCUT2D eigenvalue weighted by Crippen LogP contribution is 2.28. The van der Waals surface area contributed by atoms with Gasteiger partial charge in [-0.2, -0.15) is 9.78 Å². The fourth-order valence-electron chi connectivity index (χ4n) is 2.26. The van der Waals surface area contributed by atoms with Crippen molar-refractivity contribution >= 4 is 33.9 Å². The number of halogens is 1. The van der Waals surface area contributed by atoms with Crippen LogP contribution in [0.25, 0.3) is 16.6 Å². The van der Waals surface area contributed by atoms with Crippen LogP contribution in [0.2, 0.25) is 5.02 Å². The number of benzene rings is 1. The third-order valence-electron chi connectivity index (χ3n) is 3.04. The molecular formula is C13H8ClN5O. The molecule has 0 spiro atoms. The fourth-order valence-corrected chi connectivity index (χ4v) is 2.43. The van der Waals surface area contributed by atoms with Gasteiger partial charge in [-0.05, 0) is 41.1 Å². The van der Waals surface area contributed by atoms with Gasteiger partial charge in [0.05, 0.1) is 5.52 Å². The van der Waals surface area contributed by atoms with Gasteiger partial charge in [-0.15, -0.1) is 5.10 Å². The number of nitriles is 1. The summed E-state index contributed by atoms with van der Waals surface area (Å²) in [6, 6.07) is 7.29. The monoisotopic (exact) mass is 285 g/mol. The van der Waals surface area contributed by atoms with Gasteiger partial charge in [0.1, 0.15) is 17.4 Å². The average molecular weight is 286 g/mol. The molecule has 0 amide bonds. The van der Waals surface area contributed by atoms with Gasteiger partial charge in [0.2, 0.25) is 0 Å². The minimum atomic E-state index is -0.0420. The first-order valence-corrected chi connectivity index (χ1v) is 6.21. The number of fused-ring (bicyclic) bond motifs is 3. The summed E-state index contributed by atoms with van der Waals surface area (Å²) in [6.07, 6.45) is 0.142. The summed E-state index contributed by atoms with van der Waals surface area (Å²) in [5.41, 5.74) is 1.97. The van der Waals surface area contributed by atoms with Crippen LogP contribution in [0.3, 0.4) is 0 Å². The predicted octanol–water partition coefficient (Wildman–Crippen LogP) is 1.93. The second-order valence-electron chi connectivity index (χ2n) is 4.42. The SMILES string of the molecule is CC(=O)Cc1c(C#N)c2nnnn2c2ccc(Cl)cc12. The first-order chi connectivity index (χ1) is 9.61. The second kappa shape index (κ2) is 4.54. The molecule has 0 bridgehead atoms. The number of Topliss-reactive ketones (excluding diaryl/α,β-unsaturated/α-hetero) is 1. The molecule has 3 rings (SSSR count). The topological polar surface area (TPSA) is 83.9 Å². The summed E-state index contributed by atoms with van der Waals surface area (Å²) in [6.45, 7) is 1.48. The van der Waals surface area contributed by atoms with Crippen molar-refractivity contribution in [3.63, 3.8) is 0 Å². The van der Waals surface area contributed by atoms with Crippen LogP contribution in [0.5, 0.6) is 0 Å². The smallest absolute Gasteiger partial charge is 0.197 e. The number of hydrogen-bond donors (Lipinski definition) is 0. The van der Waals surface area contributed by atoms with Gasteiger partial charge in [-0.3, -0.25) is 4.79 Å². The molecule has 20 heavy (non-hydrogen) atoms. The molecule has 3 aromatic rings. The van der Waals surface area contributed by atoms with Gasteiger partial charge in [0.25, 0.3) is 0 Å². The molecule has 0 aliphatic carbocycles. The molecule has 0 radical (unpaired) electrons. The molecule has 0 saturated heterocycles. The lowest BCUT2D eigenvalue weighted by atomic mass is 9.99. The maximum absolute atomic E-state index is 11.5. The quantitative estimate of drug-likeness (QED) is 0.718. The molecule has 0 saturated carbocycles.